The fourth-order valence-corrected chi connectivity index (χ4v) is 2.76. The van der Waals surface area contributed by atoms with Gasteiger partial charge >= 0.3 is 0 Å². The Balaban J connectivity index is 1.35. The number of ether oxygens (including phenoxy) is 1. The number of carbonyl (C=O) groups excluding carboxylic acids is 2. The fraction of sp³-hybridized carbons (Fsp3) is 0.227. The Hall–Kier alpha value is -3.21. The lowest BCUT2D eigenvalue weighted by Gasteiger charge is -2.09. The number of nitrogens with one attached hydrogen (secondary N) is 1. The monoisotopic (exact) mass is 362 g/mol. The number of hydrogen-bond donors (Lipinski definition) is 1. The summed E-state index contributed by atoms with van der Waals surface area (Å²) in [5.41, 5.74) is 1.48. The Labute approximate surface area is 158 Å². The van der Waals surface area contributed by atoms with Gasteiger partial charge in [-0.15, -0.1) is 0 Å². The van der Waals surface area contributed by atoms with Crippen LogP contribution in [0.2, 0.25) is 0 Å². The summed E-state index contributed by atoms with van der Waals surface area (Å²) >= 11 is 0. The fourth-order valence-electron chi connectivity index (χ4n) is 2.76. The van der Waals surface area contributed by atoms with Crippen LogP contribution >= 0.6 is 0 Å². The molecule has 2 aromatic carbocycles. The van der Waals surface area contributed by atoms with Crippen LogP contribution in [0.1, 0.15) is 29.6 Å². The zero-order valence-electron chi connectivity index (χ0n) is 15.1. The highest BCUT2D eigenvalue weighted by molar-refractivity contribution is 5.97. The standard InChI is InChI=1S/C22H22N2O3/c25-19(17-7-2-1-3-8-17)12-13-21(26)23-15-6-16-27-20-11-4-9-18-10-5-14-24-22(18)20/h1-5,7-11,14H,6,12-13,15-16H2,(H,23,26). The molecular formula is C22H22N2O3. The molecule has 1 aromatic heterocycles. The third-order valence-corrected chi connectivity index (χ3v) is 4.17. The van der Waals surface area contributed by atoms with Crippen molar-refractivity contribution in [3.8, 4) is 5.75 Å². The Bertz CT molecular complexity index is 904. The van der Waals surface area contributed by atoms with Gasteiger partial charge in [-0.2, -0.15) is 0 Å². The van der Waals surface area contributed by atoms with Gasteiger partial charge in [0.2, 0.25) is 5.91 Å². The molecule has 1 N–H and O–H groups in total. The van der Waals surface area contributed by atoms with E-state index in [-0.39, 0.29) is 24.5 Å². The lowest BCUT2D eigenvalue weighted by molar-refractivity contribution is -0.121. The zero-order chi connectivity index (χ0) is 18.9. The van der Waals surface area contributed by atoms with E-state index >= 15 is 0 Å². The van der Waals surface area contributed by atoms with Crippen molar-refractivity contribution in [2.75, 3.05) is 13.2 Å². The number of fused-ring (bicyclic) bond motifs is 1. The summed E-state index contributed by atoms with van der Waals surface area (Å²) in [6, 6.07) is 18.7. The van der Waals surface area contributed by atoms with Gasteiger partial charge in [-0.05, 0) is 18.6 Å². The summed E-state index contributed by atoms with van der Waals surface area (Å²) < 4.78 is 5.79. The van der Waals surface area contributed by atoms with Crippen molar-refractivity contribution in [1.82, 2.24) is 10.3 Å². The van der Waals surface area contributed by atoms with Crippen LogP contribution in [0, 0.1) is 0 Å². The van der Waals surface area contributed by atoms with Crippen molar-refractivity contribution in [3.05, 3.63) is 72.4 Å². The van der Waals surface area contributed by atoms with Crippen LogP contribution in [-0.4, -0.2) is 29.8 Å². The van der Waals surface area contributed by atoms with Crippen molar-refractivity contribution in [2.45, 2.75) is 19.3 Å². The van der Waals surface area contributed by atoms with E-state index in [0.717, 1.165) is 16.7 Å². The molecule has 0 aliphatic rings. The molecule has 5 heteroatoms. The number of nitrogens with zero attached hydrogens (tertiary/aromatic N) is 1. The van der Waals surface area contributed by atoms with E-state index in [1.54, 1.807) is 18.3 Å². The molecule has 0 saturated carbocycles. The molecule has 0 unspecified atom stereocenters. The van der Waals surface area contributed by atoms with Gasteiger partial charge in [0.25, 0.3) is 0 Å². The SMILES string of the molecule is O=C(CCC(=O)c1ccccc1)NCCCOc1cccc2cccnc12. The van der Waals surface area contributed by atoms with E-state index in [9.17, 15) is 9.59 Å². The van der Waals surface area contributed by atoms with Gasteiger partial charge in [0.05, 0.1) is 6.61 Å². The van der Waals surface area contributed by atoms with E-state index in [1.807, 2.05) is 48.5 Å². The second-order valence-corrected chi connectivity index (χ2v) is 6.17. The molecule has 1 amide bonds. The van der Waals surface area contributed by atoms with E-state index in [2.05, 4.69) is 10.3 Å². The van der Waals surface area contributed by atoms with Crippen molar-refractivity contribution in [1.29, 1.82) is 0 Å². The summed E-state index contributed by atoms with van der Waals surface area (Å²) in [6.07, 6.45) is 2.84. The van der Waals surface area contributed by atoms with Gasteiger partial charge in [0.1, 0.15) is 11.3 Å². The third kappa shape index (κ3) is 5.38. The highest BCUT2D eigenvalue weighted by Crippen LogP contribution is 2.22. The smallest absolute Gasteiger partial charge is 0.220 e. The molecule has 0 fully saturated rings. The minimum absolute atomic E-state index is 0.0162. The average molecular weight is 362 g/mol. The topological polar surface area (TPSA) is 68.3 Å². The third-order valence-electron chi connectivity index (χ3n) is 4.17. The maximum Gasteiger partial charge on any atom is 0.220 e. The first kappa shape index (κ1) is 18.6. The molecule has 138 valence electrons. The van der Waals surface area contributed by atoms with Gasteiger partial charge in [-0.3, -0.25) is 14.6 Å². The zero-order valence-corrected chi connectivity index (χ0v) is 15.1. The van der Waals surface area contributed by atoms with E-state index in [4.69, 9.17) is 4.74 Å². The number of hydrogen-bond acceptors (Lipinski definition) is 4. The van der Waals surface area contributed by atoms with Crippen molar-refractivity contribution >= 4 is 22.6 Å². The number of aromatic nitrogens is 1. The van der Waals surface area contributed by atoms with Gasteiger partial charge in [-0.25, -0.2) is 0 Å². The molecule has 3 aromatic rings. The molecule has 0 saturated heterocycles. The normalized spacial score (nSPS) is 10.5. The quantitative estimate of drug-likeness (QED) is 0.465. The Morgan fingerprint density at radius 2 is 1.74 bits per heavy atom. The molecule has 0 atom stereocenters. The number of amides is 1. The summed E-state index contributed by atoms with van der Waals surface area (Å²) in [7, 11) is 0. The minimum atomic E-state index is -0.119. The molecule has 0 aliphatic heterocycles. The van der Waals surface area contributed by atoms with Crippen molar-refractivity contribution in [3.63, 3.8) is 0 Å². The maximum absolute atomic E-state index is 12.0. The summed E-state index contributed by atoms with van der Waals surface area (Å²) in [5, 5.41) is 3.86. The van der Waals surface area contributed by atoms with Gasteiger partial charge in [-0.1, -0.05) is 48.5 Å². The lowest BCUT2D eigenvalue weighted by atomic mass is 10.1. The first-order chi connectivity index (χ1) is 13.2. The Morgan fingerprint density at radius 3 is 2.59 bits per heavy atom. The first-order valence-corrected chi connectivity index (χ1v) is 9.05. The number of ketones is 1. The highest BCUT2D eigenvalue weighted by Gasteiger charge is 2.08. The predicted octanol–water partition coefficient (Wildman–Crippen LogP) is 3.78. The molecule has 0 aliphatic carbocycles. The number of pyridine rings is 1. The molecule has 0 spiro atoms. The van der Waals surface area contributed by atoms with E-state index in [1.165, 1.54) is 0 Å². The number of carbonyl (C=O) groups is 2. The molecule has 0 radical (unpaired) electrons. The van der Waals surface area contributed by atoms with Crippen LogP contribution in [0.25, 0.3) is 10.9 Å². The largest absolute Gasteiger partial charge is 0.491 e. The van der Waals surface area contributed by atoms with Gasteiger partial charge in [0, 0.05) is 36.5 Å². The summed E-state index contributed by atoms with van der Waals surface area (Å²) in [4.78, 5) is 28.2. The predicted molar refractivity (Wildman–Crippen MR) is 105 cm³/mol. The number of Topliss-reactive ketones (excluding diaryl/α,β-unsaturated/α-hetero) is 1. The Kier molecular flexibility index (Phi) is 6.52. The summed E-state index contributed by atoms with van der Waals surface area (Å²) in [5.74, 6) is 0.608. The van der Waals surface area contributed by atoms with Gasteiger partial charge in [0.15, 0.2) is 5.78 Å². The maximum atomic E-state index is 12.0. The average Bonchev–Trinajstić information content (AvgIpc) is 2.72. The second-order valence-electron chi connectivity index (χ2n) is 6.17. The van der Waals surface area contributed by atoms with Gasteiger partial charge < -0.3 is 10.1 Å². The van der Waals surface area contributed by atoms with Crippen LogP contribution in [0.15, 0.2) is 66.9 Å². The molecule has 27 heavy (non-hydrogen) atoms. The number of rotatable bonds is 9. The van der Waals surface area contributed by atoms with Crippen molar-refractivity contribution < 1.29 is 14.3 Å². The summed E-state index contributed by atoms with van der Waals surface area (Å²) in [6.45, 7) is 0.996. The number of benzene rings is 2. The van der Waals surface area contributed by atoms with E-state index < -0.39 is 0 Å². The lowest BCUT2D eigenvalue weighted by Crippen LogP contribution is -2.26. The van der Waals surface area contributed by atoms with Crippen LogP contribution < -0.4 is 10.1 Å². The van der Waals surface area contributed by atoms with Crippen LogP contribution in [0.4, 0.5) is 0 Å². The first-order valence-electron chi connectivity index (χ1n) is 9.05. The van der Waals surface area contributed by atoms with Crippen molar-refractivity contribution in [2.24, 2.45) is 0 Å². The Morgan fingerprint density at radius 1 is 0.926 bits per heavy atom. The molecule has 3 rings (SSSR count). The number of para-hydroxylation sites is 1. The van der Waals surface area contributed by atoms with Crippen LogP contribution in [0.3, 0.4) is 0 Å². The second kappa shape index (κ2) is 9.48. The molecular weight excluding hydrogens is 340 g/mol. The minimum Gasteiger partial charge on any atom is -0.491 e. The highest BCUT2D eigenvalue weighted by atomic mass is 16.5. The van der Waals surface area contributed by atoms with Crippen LogP contribution in [0.5, 0.6) is 5.75 Å². The van der Waals surface area contributed by atoms with E-state index in [0.29, 0.717) is 25.1 Å². The molecule has 1 heterocycles. The van der Waals surface area contributed by atoms with Crippen LogP contribution in [-0.2, 0) is 4.79 Å². The molecule has 5 nitrogen and oxygen atoms in total. The molecule has 0 bridgehead atoms.